The summed E-state index contributed by atoms with van der Waals surface area (Å²) in [6.45, 7) is 5.84. The Morgan fingerprint density at radius 1 is 1.22 bits per heavy atom. The lowest BCUT2D eigenvalue weighted by Gasteiger charge is -2.25. The van der Waals surface area contributed by atoms with Gasteiger partial charge in [0.15, 0.2) is 5.96 Å². The Labute approximate surface area is 178 Å². The highest BCUT2D eigenvalue weighted by Crippen LogP contribution is 2.47. The summed E-state index contributed by atoms with van der Waals surface area (Å²) in [7, 11) is 0. The molecule has 0 aromatic heterocycles. The Morgan fingerprint density at radius 3 is 2.52 bits per heavy atom. The van der Waals surface area contributed by atoms with Crippen LogP contribution in [-0.4, -0.2) is 50.5 Å². The zero-order valence-corrected chi connectivity index (χ0v) is 18.3. The smallest absolute Gasteiger partial charge is 0.191 e. The number of aliphatic hydroxyl groups excluding tert-OH is 1. The number of nitrogens with one attached hydrogen (secondary N) is 2. The molecule has 3 rings (SSSR count). The lowest BCUT2D eigenvalue weighted by molar-refractivity contribution is 0.131. The van der Waals surface area contributed by atoms with Crippen molar-refractivity contribution in [1.29, 1.82) is 0 Å². The Hall–Kier alpha value is -0.930. The van der Waals surface area contributed by atoms with Crippen molar-refractivity contribution in [2.75, 3.05) is 39.5 Å². The van der Waals surface area contributed by atoms with E-state index in [2.05, 4.69) is 10.6 Å². The van der Waals surface area contributed by atoms with E-state index in [4.69, 9.17) is 9.73 Å². The van der Waals surface area contributed by atoms with Crippen LogP contribution in [0.5, 0.6) is 0 Å². The summed E-state index contributed by atoms with van der Waals surface area (Å²) >= 11 is 0. The molecule has 0 spiro atoms. The lowest BCUT2D eigenvalue weighted by atomic mass is 9.84. The first kappa shape index (κ1) is 22.4. The molecule has 0 amide bonds. The average Bonchev–Trinajstić information content (AvgIpc) is 3.30. The van der Waals surface area contributed by atoms with Crippen LogP contribution < -0.4 is 10.6 Å². The first-order valence-corrected chi connectivity index (χ1v) is 9.58. The summed E-state index contributed by atoms with van der Waals surface area (Å²) in [6, 6.07) is 6.85. The van der Waals surface area contributed by atoms with Crippen molar-refractivity contribution in [2.45, 2.75) is 38.0 Å². The summed E-state index contributed by atoms with van der Waals surface area (Å²) in [5.41, 5.74) is 1.22. The molecule has 27 heavy (non-hydrogen) atoms. The standard InChI is InChI=1S/C20H30FN3O2.HI/c1-2-22-18(23-13-19(9-11-25)10-12-26-15-19)24-14-20(7-8-20)16-3-5-17(21)6-4-16;/h3-6,25H,2,7-15H2,1H3,(H2,22,23,24);1H. The number of benzene rings is 1. The maximum atomic E-state index is 13.2. The molecule has 2 fully saturated rings. The van der Waals surface area contributed by atoms with Gasteiger partial charge in [0.25, 0.3) is 0 Å². The van der Waals surface area contributed by atoms with Crippen LogP contribution in [0.25, 0.3) is 0 Å². The molecule has 152 valence electrons. The first-order valence-electron chi connectivity index (χ1n) is 9.58. The van der Waals surface area contributed by atoms with Crippen molar-refractivity contribution in [3.63, 3.8) is 0 Å². The van der Waals surface area contributed by atoms with Gasteiger partial charge in [-0.3, -0.25) is 4.99 Å². The van der Waals surface area contributed by atoms with E-state index in [0.717, 1.165) is 51.3 Å². The van der Waals surface area contributed by atoms with Crippen molar-refractivity contribution in [1.82, 2.24) is 10.6 Å². The minimum absolute atomic E-state index is 0. The second-order valence-electron chi connectivity index (χ2n) is 7.61. The Kier molecular flexibility index (Phi) is 8.30. The van der Waals surface area contributed by atoms with E-state index in [9.17, 15) is 9.50 Å². The summed E-state index contributed by atoms with van der Waals surface area (Å²) in [4.78, 5) is 4.77. The number of guanidine groups is 1. The van der Waals surface area contributed by atoms with Gasteiger partial charge >= 0.3 is 0 Å². The predicted molar refractivity (Wildman–Crippen MR) is 116 cm³/mol. The zero-order chi connectivity index (χ0) is 18.5. The van der Waals surface area contributed by atoms with E-state index in [1.807, 2.05) is 19.1 Å². The van der Waals surface area contributed by atoms with Gasteiger partial charge in [-0.1, -0.05) is 12.1 Å². The minimum Gasteiger partial charge on any atom is -0.396 e. The number of aliphatic imine (C=N–C) groups is 1. The van der Waals surface area contributed by atoms with E-state index in [0.29, 0.717) is 13.2 Å². The summed E-state index contributed by atoms with van der Waals surface area (Å²) in [5.74, 6) is 0.602. The molecular weight excluding hydrogens is 460 g/mol. The van der Waals surface area contributed by atoms with Crippen LogP contribution in [0.2, 0.25) is 0 Å². The third-order valence-electron chi connectivity index (χ3n) is 5.65. The molecule has 1 atom stereocenters. The first-order chi connectivity index (χ1) is 12.6. The largest absolute Gasteiger partial charge is 0.396 e. The number of ether oxygens (including phenoxy) is 1. The number of nitrogens with zero attached hydrogens (tertiary/aromatic N) is 1. The molecule has 1 saturated carbocycles. The Bertz CT molecular complexity index is 614. The number of halogens is 2. The van der Waals surface area contributed by atoms with Gasteiger partial charge in [0.1, 0.15) is 5.82 Å². The van der Waals surface area contributed by atoms with Crippen LogP contribution in [0.1, 0.15) is 38.2 Å². The highest BCUT2D eigenvalue weighted by molar-refractivity contribution is 14.0. The van der Waals surface area contributed by atoms with Gasteiger partial charge in [0.2, 0.25) is 0 Å². The van der Waals surface area contributed by atoms with Gasteiger partial charge in [0.05, 0.1) is 13.2 Å². The average molecular weight is 491 g/mol. The van der Waals surface area contributed by atoms with E-state index in [1.54, 1.807) is 0 Å². The predicted octanol–water partition coefficient (Wildman–Crippen LogP) is 2.82. The van der Waals surface area contributed by atoms with Crippen LogP contribution in [0.15, 0.2) is 29.3 Å². The molecule has 0 bridgehead atoms. The van der Waals surface area contributed by atoms with Crippen molar-refractivity contribution in [3.8, 4) is 0 Å². The fraction of sp³-hybridized carbons (Fsp3) is 0.650. The third kappa shape index (κ3) is 5.77. The highest BCUT2D eigenvalue weighted by Gasteiger charge is 2.44. The van der Waals surface area contributed by atoms with E-state index in [-0.39, 0.29) is 47.2 Å². The molecule has 2 aliphatic rings. The van der Waals surface area contributed by atoms with Crippen LogP contribution in [0, 0.1) is 11.2 Å². The van der Waals surface area contributed by atoms with Crippen LogP contribution >= 0.6 is 24.0 Å². The number of rotatable bonds is 8. The summed E-state index contributed by atoms with van der Waals surface area (Å²) < 4.78 is 18.7. The molecular formula is C20H31FIN3O2. The quantitative estimate of drug-likeness (QED) is 0.297. The maximum Gasteiger partial charge on any atom is 0.191 e. The molecule has 1 aromatic rings. The third-order valence-corrected chi connectivity index (χ3v) is 5.65. The fourth-order valence-electron chi connectivity index (χ4n) is 3.65. The normalized spacial score (nSPS) is 23.6. The zero-order valence-electron chi connectivity index (χ0n) is 16.0. The number of hydrogen-bond acceptors (Lipinski definition) is 3. The van der Waals surface area contributed by atoms with Gasteiger partial charge < -0.3 is 20.5 Å². The SMILES string of the molecule is CCNC(=NCC1(CCO)CCOC1)NCC1(c2ccc(F)cc2)CC1.I. The molecule has 1 aliphatic heterocycles. The number of hydrogen-bond donors (Lipinski definition) is 3. The second-order valence-corrected chi connectivity index (χ2v) is 7.61. The van der Waals surface area contributed by atoms with Gasteiger partial charge in [-0.2, -0.15) is 0 Å². The molecule has 3 N–H and O–H groups in total. The second kappa shape index (κ2) is 10.0. The summed E-state index contributed by atoms with van der Waals surface area (Å²) in [5, 5.41) is 16.1. The van der Waals surface area contributed by atoms with E-state index in [1.165, 1.54) is 17.7 Å². The summed E-state index contributed by atoms with van der Waals surface area (Å²) in [6.07, 6.45) is 3.87. The van der Waals surface area contributed by atoms with Crippen LogP contribution in [0.4, 0.5) is 4.39 Å². The van der Waals surface area contributed by atoms with Crippen molar-refractivity contribution in [3.05, 3.63) is 35.6 Å². The molecule has 1 unspecified atom stereocenters. The van der Waals surface area contributed by atoms with Crippen molar-refractivity contribution >= 4 is 29.9 Å². The molecule has 1 saturated heterocycles. The molecule has 7 heteroatoms. The van der Waals surface area contributed by atoms with Gasteiger partial charge in [-0.15, -0.1) is 24.0 Å². The Morgan fingerprint density at radius 2 is 1.96 bits per heavy atom. The Balaban J connectivity index is 0.00000261. The minimum atomic E-state index is -0.194. The molecule has 0 radical (unpaired) electrons. The van der Waals surface area contributed by atoms with Crippen LogP contribution in [-0.2, 0) is 10.2 Å². The van der Waals surface area contributed by atoms with Gasteiger partial charge in [0, 0.05) is 37.1 Å². The molecule has 1 heterocycles. The maximum absolute atomic E-state index is 13.2. The highest BCUT2D eigenvalue weighted by atomic mass is 127. The number of aliphatic hydroxyl groups is 1. The van der Waals surface area contributed by atoms with E-state index >= 15 is 0 Å². The fourth-order valence-corrected chi connectivity index (χ4v) is 3.65. The van der Waals surface area contributed by atoms with Gasteiger partial charge in [-0.25, -0.2) is 4.39 Å². The van der Waals surface area contributed by atoms with E-state index < -0.39 is 0 Å². The topological polar surface area (TPSA) is 65.9 Å². The van der Waals surface area contributed by atoms with Gasteiger partial charge in [-0.05, 0) is 50.3 Å². The lowest BCUT2D eigenvalue weighted by Crippen LogP contribution is -2.42. The monoisotopic (exact) mass is 491 g/mol. The molecule has 5 nitrogen and oxygen atoms in total. The van der Waals surface area contributed by atoms with Crippen LogP contribution in [0.3, 0.4) is 0 Å². The molecule has 1 aliphatic carbocycles. The van der Waals surface area contributed by atoms with Crippen molar-refractivity contribution < 1.29 is 14.2 Å². The van der Waals surface area contributed by atoms with Crippen molar-refractivity contribution in [2.24, 2.45) is 10.4 Å². The molecule has 1 aromatic carbocycles.